The first kappa shape index (κ1) is 11.8. The first-order valence-electron chi connectivity index (χ1n) is 5.86. The summed E-state index contributed by atoms with van der Waals surface area (Å²) in [4.78, 5) is 25.3. The molecule has 0 bridgehead atoms. The van der Waals surface area contributed by atoms with Crippen LogP contribution in [0.3, 0.4) is 0 Å². The van der Waals surface area contributed by atoms with Gasteiger partial charge in [0.05, 0.1) is 6.04 Å². The average molecular weight is 242 g/mol. The molecule has 2 fully saturated rings. The summed E-state index contributed by atoms with van der Waals surface area (Å²) in [6.07, 6.45) is 1.66. The first-order chi connectivity index (χ1) is 7.65. The predicted octanol–water partition coefficient (Wildman–Crippen LogP) is 1.46. The van der Waals surface area contributed by atoms with Crippen molar-refractivity contribution in [3.05, 3.63) is 0 Å². The minimum atomic E-state index is -0.282. The highest BCUT2D eigenvalue weighted by Crippen LogP contribution is 2.30. The van der Waals surface area contributed by atoms with Crippen LogP contribution in [0, 0.1) is 5.92 Å². The van der Waals surface area contributed by atoms with Gasteiger partial charge in [-0.15, -0.1) is 0 Å². The Morgan fingerprint density at radius 3 is 2.75 bits per heavy atom. The summed E-state index contributed by atoms with van der Waals surface area (Å²) >= 11 is 1.82. The van der Waals surface area contributed by atoms with Crippen LogP contribution >= 0.6 is 11.8 Å². The zero-order valence-corrected chi connectivity index (χ0v) is 10.5. The van der Waals surface area contributed by atoms with Crippen molar-refractivity contribution in [1.29, 1.82) is 0 Å². The van der Waals surface area contributed by atoms with Gasteiger partial charge in [-0.3, -0.25) is 9.69 Å². The molecule has 0 aliphatic carbocycles. The second-order valence-corrected chi connectivity index (χ2v) is 5.66. The zero-order valence-electron chi connectivity index (χ0n) is 9.73. The molecule has 16 heavy (non-hydrogen) atoms. The number of hydrogen-bond acceptors (Lipinski definition) is 3. The van der Waals surface area contributed by atoms with Gasteiger partial charge in [0.2, 0.25) is 0 Å². The summed E-state index contributed by atoms with van der Waals surface area (Å²) in [6.45, 7) is 4.13. The third-order valence-electron chi connectivity index (χ3n) is 3.29. The van der Waals surface area contributed by atoms with Gasteiger partial charge in [0, 0.05) is 5.75 Å². The number of urea groups is 1. The second kappa shape index (κ2) is 4.65. The summed E-state index contributed by atoms with van der Waals surface area (Å²) in [5, 5.41) is 2.78. The molecule has 0 aromatic heterocycles. The van der Waals surface area contributed by atoms with Crippen molar-refractivity contribution in [2.45, 2.75) is 38.8 Å². The number of nitrogens with zero attached hydrogens (tertiary/aromatic N) is 1. The Labute approximate surface area is 100 Å². The van der Waals surface area contributed by atoms with Gasteiger partial charge in [0.1, 0.15) is 6.04 Å². The Kier molecular flexibility index (Phi) is 3.42. The molecular formula is C11H18N2O2S. The molecule has 3 atom stereocenters. The summed E-state index contributed by atoms with van der Waals surface area (Å²) in [5.41, 5.74) is 0. The van der Waals surface area contributed by atoms with E-state index in [1.54, 1.807) is 0 Å². The SMILES string of the molecule is CCCC1NC(=O)N(C2CSCC2C)C1=O. The number of imide groups is 1. The summed E-state index contributed by atoms with van der Waals surface area (Å²) in [7, 11) is 0. The molecule has 2 aliphatic heterocycles. The van der Waals surface area contributed by atoms with Crippen molar-refractivity contribution in [2.24, 2.45) is 5.92 Å². The van der Waals surface area contributed by atoms with Crippen LogP contribution < -0.4 is 5.32 Å². The normalized spacial score (nSPS) is 34.6. The van der Waals surface area contributed by atoms with Gasteiger partial charge in [0.25, 0.3) is 5.91 Å². The van der Waals surface area contributed by atoms with Gasteiger partial charge in [-0.1, -0.05) is 20.3 Å². The van der Waals surface area contributed by atoms with Gasteiger partial charge in [-0.05, 0) is 18.1 Å². The van der Waals surface area contributed by atoms with Gasteiger partial charge < -0.3 is 5.32 Å². The van der Waals surface area contributed by atoms with E-state index in [1.807, 2.05) is 18.7 Å². The largest absolute Gasteiger partial charge is 0.326 e. The van der Waals surface area contributed by atoms with Crippen molar-refractivity contribution in [2.75, 3.05) is 11.5 Å². The molecule has 2 heterocycles. The molecule has 2 aliphatic rings. The maximum Gasteiger partial charge on any atom is 0.325 e. The van der Waals surface area contributed by atoms with Gasteiger partial charge in [0.15, 0.2) is 0 Å². The van der Waals surface area contributed by atoms with Crippen molar-refractivity contribution in [3.8, 4) is 0 Å². The lowest BCUT2D eigenvalue weighted by Crippen LogP contribution is -2.44. The smallest absolute Gasteiger partial charge is 0.325 e. The van der Waals surface area contributed by atoms with E-state index in [4.69, 9.17) is 0 Å². The standard InChI is InChI=1S/C11H18N2O2S/c1-3-4-8-10(14)13(11(15)12-8)9-6-16-5-7(9)2/h7-9H,3-6H2,1-2H3,(H,12,15). The summed E-state index contributed by atoms with van der Waals surface area (Å²) < 4.78 is 0. The number of nitrogens with one attached hydrogen (secondary N) is 1. The molecule has 0 saturated carbocycles. The van der Waals surface area contributed by atoms with Crippen LogP contribution in [0.25, 0.3) is 0 Å². The lowest BCUT2D eigenvalue weighted by Gasteiger charge is -2.23. The highest BCUT2D eigenvalue weighted by molar-refractivity contribution is 7.99. The highest BCUT2D eigenvalue weighted by atomic mass is 32.2. The summed E-state index contributed by atoms with van der Waals surface area (Å²) in [6, 6.07) is -0.377. The van der Waals surface area contributed by atoms with Crippen LogP contribution in [0.4, 0.5) is 4.79 Å². The van der Waals surface area contributed by atoms with Crippen molar-refractivity contribution >= 4 is 23.7 Å². The summed E-state index contributed by atoms with van der Waals surface area (Å²) in [5.74, 6) is 2.32. The fourth-order valence-corrected chi connectivity index (χ4v) is 3.77. The Morgan fingerprint density at radius 1 is 1.44 bits per heavy atom. The van der Waals surface area contributed by atoms with Gasteiger partial charge in [-0.2, -0.15) is 11.8 Å². The number of hydrogen-bond donors (Lipinski definition) is 1. The third kappa shape index (κ3) is 1.93. The van der Waals surface area contributed by atoms with E-state index in [-0.39, 0.29) is 24.0 Å². The monoisotopic (exact) mass is 242 g/mol. The number of carbonyl (C=O) groups is 2. The average Bonchev–Trinajstić information content (AvgIpc) is 2.74. The molecule has 4 nitrogen and oxygen atoms in total. The molecule has 0 aromatic carbocycles. The predicted molar refractivity (Wildman–Crippen MR) is 64.4 cm³/mol. The minimum absolute atomic E-state index is 0.0220. The molecule has 3 unspecified atom stereocenters. The van der Waals surface area contributed by atoms with E-state index < -0.39 is 0 Å². The first-order valence-corrected chi connectivity index (χ1v) is 7.02. The van der Waals surface area contributed by atoms with Crippen LogP contribution in [-0.4, -0.2) is 40.4 Å². The van der Waals surface area contributed by atoms with E-state index in [9.17, 15) is 9.59 Å². The Hall–Kier alpha value is -0.710. The van der Waals surface area contributed by atoms with Crippen molar-refractivity contribution in [1.82, 2.24) is 10.2 Å². The lowest BCUT2D eigenvalue weighted by atomic mass is 10.0. The van der Waals surface area contributed by atoms with Crippen LogP contribution in [0.15, 0.2) is 0 Å². The molecule has 0 spiro atoms. The van der Waals surface area contributed by atoms with Crippen molar-refractivity contribution < 1.29 is 9.59 Å². The quantitative estimate of drug-likeness (QED) is 0.762. The topological polar surface area (TPSA) is 49.4 Å². The Morgan fingerprint density at radius 2 is 2.19 bits per heavy atom. The lowest BCUT2D eigenvalue weighted by molar-refractivity contribution is -0.129. The zero-order chi connectivity index (χ0) is 11.7. The number of rotatable bonds is 3. The Bertz CT molecular complexity index is 308. The molecule has 1 N–H and O–H groups in total. The fraction of sp³-hybridized carbons (Fsp3) is 0.818. The molecule has 0 aromatic rings. The molecule has 0 radical (unpaired) electrons. The molecular weight excluding hydrogens is 224 g/mol. The van der Waals surface area contributed by atoms with E-state index in [0.717, 1.165) is 24.3 Å². The minimum Gasteiger partial charge on any atom is -0.326 e. The van der Waals surface area contributed by atoms with Crippen LogP contribution in [0.2, 0.25) is 0 Å². The number of thioether (sulfide) groups is 1. The van der Waals surface area contributed by atoms with Gasteiger partial charge >= 0.3 is 6.03 Å². The highest BCUT2D eigenvalue weighted by Gasteiger charge is 2.44. The number of carbonyl (C=O) groups excluding carboxylic acids is 2. The van der Waals surface area contributed by atoms with E-state index in [2.05, 4.69) is 12.2 Å². The number of amides is 3. The Balaban J connectivity index is 2.10. The molecule has 3 amide bonds. The van der Waals surface area contributed by atoms with E-state index >= 15 is 0 Å². The molecule has 5 heteroatoms. The molecule has 90 valence electrons. The molecule has 2 rings (SSSR count). The van der Waals surface area contributed by atoms with Crippen molar-refractivity contribution in [3.63, 3.8) is 0 Å². The molecule has 2 saturated heterocycles. The van der Waals surface area contributed by atoms with Gasteiger partial charge in [-0.25, -0.2) is 4.79 Å². The van der Waals surface area contributed by atoms with E-state index in [0.29, 0.717) is 5.92 Å². The maximum atomic E-state index is 12.1. The van der Waals surface area contributed by atoms with Crippen LogP contribution in [0.5, 0.6) is 0 Å². The van der Waals surface area contributed by atoms with Crippen LogP contribution in [0.1, 0.15) is 26.7 Å². The van der Waals surface area contributed by atoms with E-state index in [1.165, 1.54) is 4.90 Å². The maximum absolute atomic E-state index is 12.1. The fourth-order valence-electron chi connectivity index (χ4n) is 2.33. The third-order valence-corrected chi connectivity index (χ3v) is 4.63. The van der Waals surface area contributed by atoms with Crippen LogP contribution in [-0.2, 0) is 4.79 Å². The second-order valence-electron chi connectivity index (χ2n) is 4.58.